The van der Waals surface area contributed by atoms with Gasteiger partial charge < -0.3 is 14.0 Å². The minimum absolute atomic E-state index is 0.287. The summed E-state index contributed by atoms with van der Waals surface area (Å²) in [5, 5.41) is 8.85. The lowest BCUT2D eigenvalue weighted by atomic mass is 10.2. The van der Waals surface area contributed by atoms with Gasteiger partial charge in [0.25, 0.3) is 0 Å². The van der Waals surface area contributed by atoms with Crippen LogP contribution < -0.4 is 4.74 Å². The van der Waals surface area contributed by atoms with Crippen LogP contribution in [0.1, 0.15) is 36.0 Å². The first-order valence-electron chi connectivity index (χ1n) is 8.75. The van der Waals surface area contributed by atoms with Gasteiger partial charge in [-0.25, -0.2) is 4.79 Å². The fourth-order valence-electron chi connectivity index (χ4n) is 2.77. The lowest BCUT2D eigenvalue weighted by Gasteiger charge is -2.31. The highest BCUT2D eigenvalue weighted by molar-refractivity contribution is 6.84. The highest BCUT2D eigenvalue weighted by Gasteiger charge is 2.28. The maximum Gasteiger partial charge on any atom is 0.335 e. The molecule has 0 bridgehead atoms. The molecule has 0 heterocycles. The fourth-order valence-corrected chi connectivity index (χ4v) is 10.9. The van der Waals surface area contributed by atoms with Crippen molar-refractivity contribution in [3.63, 3.8) is 0 Å². The standard InChI is InChI=1S/C18H32O4Si2/c1-23(2,3)22-24(4,5)15-9-7-6-8-14-21-17-12-10-16(11-13-17)18(19)20/h10-13H,6-9,14-15H2,1-5H3,(H,19,20). The van der Waals surface area contributed by atoms with Gasteiger partial charge in [-0.15, -0.1) is 0 Å². The number of carboxylic acid groups (broad SMARTS) is 1. The second-order valence-electron chi connectivity index (χ2n) is 7.82. The summed E-state index contributed by atoms with van der Waals surface area (Å²) in [6, 6.07) is 7.80. The molecule has 0 fully saturated rings. The van der Waals surface area contributed by atoms with Crippen LogP contribution in [0.5, 0.6) is 5.75 Å². The second kappa shape index (κ2) is 9.39. The van der Waals surface area contributed by atoms with E-state index in [2.05, 4.69) is 32.7 Å². The van der Waals surface area contributed by atoms with Gasteiger partial charge in [-0.2, -0.15) is 0 Å². The Morgan fingerprint density at radius 3 is 2.08 bits per heavy atom. The van der Waals surface area contributed by atoms with E-state index in [1.807, 2.05) is 0 Å². The molecule has 0 aliphatic heterocycles. The van der Waals surface area contributed by atoms with Crippen molar-refractivity contribution in [2.45, 2.75) is 64.5 Å². The molecular weight excluding hydrogens is 336 g/mol. The molecule has 1 aromatic carbocycles. The van der Waals surface area contributed by atoms with Crippen LogP contribution in [-0.2, 0) is 4.12 Å². The van der Waals surface area contributed by atoms with Crippen molar-refractivity contribution < 1.29 is 18.8 Å². The Hall–Kier alpha value is -1.12. The zero-order valence-corrected chi connectivity index (χ0v) is 17.7. The van der Waals surface area contributed by atoms with Gasteiger partial charge in [-0.1, -0.05) is 19.3 Å². The molecule has 0 spiro atoms. The highest BCUT2D eigenvalue weighted by atomic mass is 28.4. The topological polar surface area (TPSA) is 55.8 Å². The molecule has 24 heavy (non-hydrogen) atoms. The predicted octanol–water partition coefficient (Wildman–Crippen LogP) is 5.38. The van der Waals surface area contributed by atoms with E-state index in [0.29, 0.717) is 6.61 Å². The van der Waals surface area contributed by atoms with Crippen molar-refractivity contribution in [2.75, 3.05) is 6.61 Å². The van der Waals surface area contributed by atoms with E-state index < -0.39 is 22.6 Å². The van der Waals surface area contributed by atoms with Crippen LogP contribution in [0, 0.1) is 0 Å². The molecule has 1 N–H and O–H groups in total. The molecule has 0 amide bonds. The molecular formula is C18H32O4Si2. The van der Waals surface area contributed by atoms with Gasteiger partial charge in [-0.3, -0.25) is 0 Å². The zero-order valence-electron chi connectivity index (χ0n) is 15.7. The summed E-state index contributed by atoms with van der Waals surface area (Å²) in [6.45, 7) is 12.1. The van der Waals surface area contributed by atoms with Crippen LogP contribution in [0.15, 0.2) is 24.3 Å². The number of benzene rings is 1. The van der Waals surface area contributed by atoms with Gasteiger partial charge >= 0.3 is 5.97 Å². The summed E-state index contributed by atoms with van der Waals surface area (Å²) in [6.07, 6.45) is 4.63. The van der Waals surface area contributed by atoms with Crippen LogP contribution in [0.3, 0.4) is 0 Å². The Kier molecular flexibility index (Phi) is 8.19. The van der Waals surface area contributed by atoms with Gasteiger partial charge in [0.05, 0.1) is 12.2 Å². The Labute approximate surface area is 148 Å². The van der Waals surface area contributed by atoms with Crippen molar-refractivity contribution in [3.8, 4) is 5.75 Å². The van der Waals surface area contributed by atoms with E-state index in [9.17, 15) is 4.79 Å². The van der Waals surface area contributed by atoms with E-state index in [1.165, 1.54) is 18.9 Å². The van der Waals surface area contributed by atoms with E-state index in [1.54, 1.807) is 24.3 Å². The summed E-state index contributed by atoms with van der Waals surface area (Å²) < 4.78 is 12.0. The Bertz CT molecular complexity index is 507. The molecule has 1 aromatic rings. The van der Waals surface area contributed by atoms with Gasteiger partial charge in [0.2, 0.25) is 0 Å². The monoisotopic (exact) mass is 368 g/mol. The zero-order chi connectivity index (χ0) is 18.2. The minimum atomic E-state index is -1.49. The fraction of sp³-hybridized carbons (Fsp3) is 0.611. The van der Waals surface area contributed by atoms with Crippen molar-refractivity contribution >= 4 is 22.6 Å². The maximum absolute atomic E-state index is 10.8. The molecule has 4 nitrogen and oxygen atoms in total. The molecule has 0 aliphatic carbocycles. The normalized spacial score (nSPS) is 12.2. The van der Waals surface area contributed by atoms with Crippen molar-refractivity contribution in [1.82, 2.24) is 0 Å². The van der Waals surface area contributed by atoms with Crippen LogP contribution in [0.25, 0.3) is 0 Å². The molecule has 6 heteroatoms. The lowest BCUT2D eigenvalue weighted by Crippen LogP contribution is -2.42. The molecule has 0 unspecified atom stereocenters. The number of carbonyl (C=O) groups is 1. The first-order valence-corrected chi connectivity index (χ1v) is 15.3. The number of hydrogen-bond acceptors (Lipinski definition) is 3. The lowest BCUT2D eigenvalue weighted by molar-refractivity contribution is 0.0697. The highest BCUT2D eigenvalue weighted by Crippen LogP contribution is 2.21. The average molecular weight is 369 g/mol. The van der Waals surface area contributed by atoms with E-state index >= 15 is 0 Å². The molecule has 136 valence electrons. The maximum atomic E-state index is 10.8. The van der Waals surface area contributed by atoms with E-state index in [0.717, 1.165) is 18.6 Å². The number of carboxylic acids is 1. The van der Waals surface area contributed by atoms with Crippen LogP contribution >= 0.6 is 0 Å². The number of rotatable bonds is 11. The Balaban J connectivity index is 2.13. The smallest absolute Gasteiger partial charge is 0.335 e. The van der Waals surface area contributed by atoms with Crippen LogP contribution in [0.2, 0.25) is 38.8 Å². The van der Waals surface area contributed by atoms with E-state index in [-0.39, 0.29) is 5.56 Å². The molecule has 0 atom stereocenters. The summed E-state index contributed by atoms with van der Waals surface area (Å²) in [4.78, 5) is 10.8. The van der Waals surface area contributed by atoms with Gasteiger partial charge in [0.15, 0.2) is 16.6 Å². The summed E-state index contributed by atoms with van der Waals surface area (Å²) in [5.74, 6) is -0.178. The molecule has 0 saturated heterocycles. The molecule has 0 aliphatic rings. The first kappa shape index (κ1) is 20.9. The average Bonchev–Trinajstić information content (AvgIpc) is 2.44. The van der Waals surface area contributed by atoms with Crippen molar-refractivity contribution in [3.05, 3.63) is 29.8 Å². The SMILES string of the molecule is C[Si](C)(C)O[Si](C)(C)CCCCCCOc1ccc(C(=O)O)cc1. The van der Waals surface area contributed by atoms with Crippen molar-refractivity contribution in [2.24, 2.45) is 0 Å². The number of unbranched alkanes of at least 4 members (excludes halogenated alkanes) is 3. The van der Waals surface area contributed by atoms with Crippen molar-refractivity contribution in [1.29, 1.82) is 0 Å². The minimum Gasteiger partial charge on any atom is -0.494 e. The summed E-state index contributed by atoms with van der Waals surface area (Å²) in [7, 11) is -2.91. The summed E-state index contributed by atoms with van der Waals surface area (Å²) >= 11 is 0. The molecule has 0 aromatic heterocycles. The number of hydrogen-bond donors (Lipinski definition) is 1. The largest absolute Gasteiger partial charge is 0.494 e. The third kappa shape index (κ3) is 9.25. The summed E-state index contributed by atoms with van der Waals surface area (Å²) in [5.41, 5.74) is 0.287. The number of ether oxygens (including phenoxy) is 1. The first-order chi connectivity index (χ1) is 11.1. The molecule has 1 rings (SSSR count). The van der Waals surface area contributed by atoms with E-state index in [4.69, 9.17) is 14.0 Å². The quantitative estimate of drug-likeness (QED) is 0.421. The van der Waals surface area contributed by atoms with Crippen LogP contribution in [-0.4, -0.2) is 34.3 Å². The third-order valence-corrected chi connectivity index (χ3v) is 9.84. The second-order valence-corrected chi connectivity index (χ2v) is 16.9. The third-order valence-electron chi connectivity index (χ3n) is 3.63. The molecule has 0 saturated carbocycles. The Morgan fingerprint density at radius 1 is 0.958 bits per heavy atom. The number of aromatic carboxylic acids is 1. The van der Waals surface area contributed by atoms with Gasteiger partial charge in [0, 0.05) is 0 Å². The Morgan fingerprint density at radius 2 is 1.54 bits per heavy atom. The molecule has 0 radical (unpaired) electrons. The predicted molar refractivity (Wildman–Crippen MR) is 104 cm³/mol. The van der Waals surface area contributed by atoms with Gasteiger partial charge in [-0.05, 0) is 69.5 Å². The van der Waals surface area contributed by atoms with Gasteiger partial charge in [0.1, 0.15) is 5.75 Å². The van der Waals surface area contributed by atoms with Crippen LogP contribution in [0.4, 0.5) is 0 Å².